The summed E-state index contributed by atoms with van der Waals surface area (Å²) in [7, 11) is 0. The summed E-state index contributed by atoms with van der Waals surface area (Å²) < 4.78 is 13.1. The SMILES string of the molecule is CC(NC1CC1c1ccccc1)c1cncc(F)c1. The maximum Gasteiger partial charge on any atom is 0.141 e. The maximum absolute atomic E-state index is 13.1. The second kappa shape index (κ2) is 5.10. The van der Waals surface area contributed by atoms with E-state index >= 15 is 0 Å². The number of aromatic nitrogens is 1. The molecule has 1 fully saturated rings. The van der Waals surface area contributed by atoms with Crippen LogP contribution >= 0.6 is 0 Å². The van der Waals surface area contributed by atoms with Gasteiger partial charge >= 0.3 is 0 Å². The van der Waals surface area contributed by atoms with Crippen molar-refractivity contribution in [3.63, 3.8) is 0 Å². The first-order valence-electron chi connectivity index (χ1n) is 6.65. The van der Waals surface area contributed by atoms with Crippen LogP contribution in [0.5, 0.6) is 0 Å². The Labute approximate surface area is 112 Å². The normalized spacial score (nSPS) is 23.1. The second-order valence-corrected chi connectivity index (χ2v) is 5.18. The predicted molar refractivity (Wildman–Crippen MR) is 73.3 cm³/mol. The van der Waals surface area contributed by atoms with Crippen molar-refractivity contribution in [2.45, 2.75) is 31.3 Å². The highest BCUT2D eigenvalue weighted by Crippen LogP contribution is 2.41. The third kappa shape index (κ3) is 2.82. The highest BCUT2D eigenvalue weighted by molar-refractivity contribution is 5.28. The molecular formula is C16H17FN2. The van der Waals surface area contributed by atoms with Crippen LogP contribution in [0, 0.1) is 5.82 Å². The fourth-order valence-corrected chi connectivity index (χ4v) is 2.53. The molecular weight excluding hydrogens is 239 g/mol. The third-order valence-electron chi connectivity index (χ3n) is 3.71. The molecule has 1 aromatic heterocycles. The monoisotopic (exact) mass is 256 g/mol. The van der Waals surface area contributed by atoms with E-state index in [0.717, 1.165) is 12.0 Å². The van der Waals surface area contributed by atoms with E-state index in [2.05, 4.69) is 41.5 Å². The van der Waals surface area contributed by atoms with Gasteiger partial charge in [-0.05, 0) is 30.5 Å². The molecule has 3 atom stereocenters. The molecule has 0 amide bonds. The minimum Gasteiger partial charge on any atom is -0.307 e. The van der Waals surface area contributed by atoms with Gasteiger partial charge in [0.1, 0.15) is 5.82 Å². The highest BCUT2D eigenvalue weighted by Gasteiger charge is 2.38. The van der Waals surface area contributed by atoms with Crippen LogP contribution < -0.4 is 5.32 Å². The van der Waals surface area contributed by atoms with E-state index in [0.29, 0.717) is 12.0 Å². The van der Waals surface area contributed by atoms with E-state index < -0.39 is 0 Å². The van der Waals surface area contributed by atoms with Crippen LogP contribution in [0.1, 0.15) is 36.4 Å². The fraction of sp³-hybridized carbons (Fsp3) is 0.312. The molecule has 2 aromatic rings. The quantitative estimate of drug-likeness (QED) is 0.906. The second-order valence-electron chi connectivity index (χ2n) is 5.18. The first-order valence-corrected chi connectivity index (χ1v) is 6.65. The molecule has 3 heteroatoms. The van der Waals surface area contributed by atoms with Gasteiger partial charge in [-0.2, -0.15) is 0 Å². The van der Waals surface area contributed by atoms with E-state index in [1.807, 2.05) is 6.07 Å². The van der Waals surface area contributed by atoms with Gasteiger partial charge in [0.15, 0.2) is 0 Å². The molecule has 0 saturated heterocycles. The minimum atomic E-state index is -0.276. The molecule has 0 aliphatic heterocycles. The summed E-state index contributed by atoms with van der Waals surface area (Å²) in [6.07, 6.45) is 4.11. The smallest absolute Gasteiger partial charge is 0.141 e. The summed E-state index contributed by atoms with van der Waals surface area (Å²) in [5.74, 6) is 0.312. The molecule has 19 heavy (non-hydrogen) atoms. The molecule has 1 N–H and O–H groups in total. The molecule has 1 heterocycles. The molecule has 1 aromatic carbocycles. The molecule has 3 rings (SSSR count). The Hall–Kier alpha value is -1.74. The Morgan fingerprint density at radius 3 is 2.79 bits per heavy atom. The molecule has 0 spiro atoms. The van der Waals surface area contributed by atoms with E-state index in [9.17, 15) is 4.39 Å². The van der Waals surface area contributed by atoms with Crippen molar-refractivity contribution in [2.24, 2.45) is 0 Å². The summed E-state index contributed by atoms with van der Waals surface area (Å²) in [5, 5.41) is 3.54. The molecule has 0 radical (unpaired) electrons. The average Bonchev–Trinajstić information content (AvgIpc) is 3.19. The molecule has 98 valence electrons. The third-order valence-corrected chi connectivity index (χ3v) is 3.71. The standard InChI is InChI=1S/C16H17FN2/c1-11(13-7-14(17)10-18-9-13)19-16-8-15(16)12-5-3-2-4-6-12/h2-7,9-11,15-16,19H,8H2,1H3. The lowest BCUT2D eigenvalue weighted by Gasteiger charge is -2.14. The zero-order valence-electron chi connectivity index (χ0n) is 10.9. The van der Waals surface area contributed by atoms with Gasteiger partial charge in [0.05, 0.1) is 6.20 Å². The van der Waals surface area contributed by atoms with Gasteiger partial charge in [-0.3, -0.25) is 4.98 Å². The zero-order chi connectivity index (χ0) is 13.2. The Morgan fingerprint density at radius 2 is 2.05 bits per heavy atom. The van der Waals surface area contributed by atoms with Crippen molar-refractivity contribution in [1.82, 2.24) is 10.3 Å². The van der Waals surface area contributed by atoms with Crippen molar-refractivity contribution < 1.29 is 4.39 Å². The number of halogens is 1. The lowest BCUT2D eigenvalue weighted by atomic mass is 10.1. The number of rotatable bonds is 4. The Morgan fingerprint density at radius 1 is 1.26 bits per heavy atom. The van der Waals surface area contributed by atoms with Crippen molar-refractivity contribution in [3.05, 3.63) is 65.7 Å². The molecule has 1 aliphatic rings. The van der Waals surface area contributed by atoms with Crippen LogP contribution in [-0.4, -0.2) is 11.0 Å². The lowest BCUT2D eigenvalue weighted by Crippen LogP contribution is -2.22. The van der Waals surface area contributed by atoms with E-state index in [1.165, 1.54) is 11.8 Å². The predicted octanol–water partition coefficient (Wildman–Crippen LogP) is 3.43. The lowest BCUT2D eigenvalue weighted by molar-refractivity contribution is 0.551. The van der Waals surface area contributed by atoms with Crippen LogP contribution in [0.3, 0.4) is 0 Å². The summed E-state index contributed by atoms with van der Waals surface area (Å²) in [5.41, 5.74) is 2.28. The van der Waals surface area contributed by atoms with Gasteiger partial charge in [-0.15, -0.1) is 0 Å². The number of nitrogens with zero attached hydrogens (tertiary/aromatic N) is 1. The number of pyridine rings is 1. The molecule has 2 nitrogen and oxygen atoms in total. The summed E-state index contributed by atoms with van der Waals surface area (Å²) >= 11 is 0. The van der Waals surface area contributed by atoms with Crippen LogP contribution in [0.2, 0.25) is 0 Å². The van der Waals surface area contributed by atoms with Gasteiger partial charge in [0, 0.05) is 24.2 Å². The number of benzene rings is 1. The van der Waals surface area contributed by atoms with E-state index in [-0.39, 0.29) is 11.9 Å². The number of hydrogen-bond donors (Lipinski definition) is 1. The summed E-state index contributed by atoms with van der Waals surface area (Å²) in [6.45, 7) is 2.05. The summed E-state index contributed by atoms with van der Waals surface area (Å²) in [4.78, 5) is 3.90. The molecule has 1 saturated carbocycles. The van der Waals surface area contributed by atoms with E-state index in [1.54, 1.807) is 12.3 Å². The highest BCUT2D eigenvalue weighted by atomic mass is 19.1. The van der Waals surface area contributed by atoms with Crippen molar-refractivity contribution in [1.29, 1.82) is 0 Å². The Bertz CT molecular complexity index is 556. The topological polar surface area (TPSA) is 24.9 Å². The van der Waals surface area contributed by atoms with Crippen molar-refractivity contribution in [2.75, 3.05) is 0 Å². The van der Waals surface area contributed by atoms with Crippen LogP contribution in [0.4, 0.5) is 4.39 Å². The van der Waals surface area contributed by atoms with Crippen LogP contribution in [0.25, 0.3) is 0 Å². The van der Waals surface area contributed by atoms with Gasteiger partial charge in [0.25, 0.3) is 0 Å². The summed E-state index contributed by atoms with van der Waals surface area (Å²) in [6, 6.07) is 12.7. The Kier molecular flexibility index (Phi) is 3.30. The molecule has 3 unspecified atom stereocenters. The van der Waals surface area contributed by atoms with Gasteiger partial charge in [0.2, 0.25) is 0 Å². The first-order chi connectivity index (χ1) is 9.24. The number of hydrogen-bond acceptors (Lipinski definition) is 2. The van der Waals surface area contributed by atoms with Crippen LogP contribution in [0.15, 0.2) is 48.8 Å². The fourth-order valence-electron chi connectivity index (χ4n) is 2.53. The zero-order valence-corrected chi connectivity index (χ0v) is 10.9. The minimum absolute atomic E-state index is 0.127. The largest absolute Gasteiger partial charge is 0.307 e. The van der Waals surface area contributed by atoms with Gasteiger partial charge in [-0.1, -0.05) is 30.3 Å². The first kappa shape index (κ1) is 12.3. The van der Waals surface area contributed by atoms with Gasteiger partial charge < -0.3 is 5.32 Å². The average molecular weight is 256 g/mol. The van der Waals surface area contributed by atoms with Crippen molar-refractivity contribution >= 4 is 0 Å². The van der Waals surface area contributed by atoms with E-state index in [4.69, 9.17) is 0 Å². The van der Waals surface area contributed by atoms with Crippen LogP contribution in [-0.2, 0) is 0 Å². The van der Waals surface area contributed by atoms with Gasteiger partial charge in [-0.25, -0.2) is 4.39 Å². The maximum atomic E-state index is 13.1. The molecule has 0 bridgehead atoms. The Balaban J connectivity index is 1.62. The van der Waals surface area contributed by atoms with Crippen molar-refractivity contribution in [3.8, 4) is 0 Å². The molecule has 1 aliphatic carbocycles. The number of nitrogens with one attached hydrogen (secondary N) is 1.